The number of nitrogens with zero attached hydrogens (tertiary/aromatic N) is 3. The molecule has 10 heteroatoms. The van der Waals surface area contributed by atoms with Crippen molar-refractivity contribution in [2.45, 2.75) is 38.9 Å². The highest BCUT2D eigenvalue weighted by atomic mass is 79.9. The van der Waals surface area contributed by atoms with E-state index < -0.39 is 30.7 Å². The van der Waals surface area contributed by atoms with Crippen LogP contribution in [0.5, 0.6) is 0 Å². The predicted molar refractivity (Wildman–Crippen MR) is 122 cm³/mol. The van der Waals surface area contributed by atoms with Crippen molar-refractivity contribution < 1.29 is 27.5 Å². The van der Waals surface area contributed by atoms with Crippen molar-refractivity contribution in [1.82, 2.24) is 9.80 Å². The van der Waals surface area contributed by atoms with E-state index in [2.05, 4.69) is 20.9 Å². The molecule has 2 aliphatic heterocycles. The van der Waals surface area contributed by atoms with Gasteiger partial charge in [-0.15, -0.1) is 0 Å². The summed E-state index contributed by atoms with van der Waals surface area (Å²) in [5.74, 6) is -1.75. The molecule has 1 saturated heterocycles. The molecule has 0 radical (unpaired) electrons. The van der Waals surface area contributed by atoms with E-state index in [0.29, 0.717) is 12.1 Å². The van der Waals surface area contributed by atoms with Crippen LogP contribution in [-0.4, -0.2) is 66.5 Å². The first kappa shape index (κ1) is 25.4. The maximum Gasteiger partial charge on any atom is 0.401 e. The number of hydrogen-bond donors (Lipinski definition) is 0. The predicted octanol–water partition coefficient (Wildman–Crippen LogP) is 4.50. The highest BCUT2D eigenvalue weighted by Gasteiger charge is 2.44. The third-order valence-electron chi connectivity index (χ3n) is 5.88. The Bertz CT molecular complexity index is 945. The minimum Gasteiger partial charge on any atom is -0.469 e. The van der Waals surface area contributed by atoms with Crippen molar-refractivity contribution >= 4 is 39.2 Å². The molecular formula is C23H27BrF3N3O3. The maximum absolute atomic E-state index is 13.4. The molecule has 2 atom stereocenters. The minimum atomic E-state index is -4.38. The van der Waals surface area contributed by atoms with Crippen LogP contribution in [0.25, 0.3) is 5.70 Å². The van der Waals surface area contributed by atoms with Crippen LogP contribution in [0.1, 0.15) is 32.3 Å². The van der Waals surface area contributed by atoms with Crippen LogP contribution < -0.4 is 0 Å². The second-order valence-electron chi connectivity index (χ2n) is 8.63. The molecule has 1 fully saturated rings. The van der Waals surface area contributed by atoms with Gasteiger partial charge in [0.05, 0.1) is 44.4 Å². The summed E-state index contributed by atoms with van der Waals surface area (Å²) in [6.45, 7) is 2.38. The van der Waals surface area contributed by atoms with Crippen molar-refractivity contribution in [3.63, 3.8) is 0 Å². The SMILES string of the molecule is COC(=O)C[C@H](C(=O)N1CN(CC(F)(F)F)C[C@H]1C1=NC(c2ccc(Br)cc2)=CC1)C(C)C. The molecule has 0 aromatic heterocycles. The van der Waals surface area contributed by atoms with Crippen molar-refractivity contribution in [1.29, 1.82) is 0 Å². The number of halogens is 4. The number of amides is 1. The second-order valence-corrected chi connectivity index (χ2v) is 9.54. The maximum atomic E-state index is 13.4. The van der Waals surface area contributed by atoms with Crippen LogP contribution in [0.2, 0.25) is 0 Å². The lowest BCUT2D eigenvalue weighted by Crippen LogP contribution is -2.46. The van der Waals surface area contributed by atoms with Gasteiger partial charge in [-0.1, -0.05) is 48.0 Å². The average molecular weight is 530 g/mol. The second kappa shape index (κ2) is 10.4. The Morgan fingerprint density at radius 1 is 1.24 bits per heavy atom. The van der Waals surface area contributed by atoms with Gasteiger partial charge in [0.2, 0.25) is 5.91 Å². The molecule has 33 heavy (non-hydrogen) atoms. The average Bonchev–Trinajstić information content (AvgIpc) is 3.37. The van der Waals surface area contributed by atoms with E-state index in [-0.39, 0.29) is 31.5 Å². The Balaban J connectivity index is 1.86. The number of alkyl halides is 3. The smallest absolute Gasteiger partial charge is 0.401 e. The van der Waals surface area contributed by atoms with Crippen molar-refractivity contribution in [3.8, 4) is 0 Å². The molecule has 0 saturated carbocycles. The zero-order valence-corrected chi connectivity index (χ0v) is 20.3. The van der Waals surface area contributed by atoms with Gasteiger partial charge < -0.3 is 9.64 Å². The van der Waals surface area contributed by atoms with Crippen LogP contribution in [0.3, 0.4) is 0 Å². The van der Waals surface area contributed by atoms with E-state index in [1.165, 1.54) is 16.9 Å². The number of esters is 1. The summed E-state index contributed by atoms with van der Waals surface area (Å²) in [6, 6.07) is 6.99. The van der Waals surface area contributed by atoms with E-state index in [1.54, 1.807) is 0 Å². The van der Waals surface area contributed by atoms with Crippen molar-refractivity contribution in [3.05, 3.63) is 40.4 Å². The number of rotatable bonds is 7. The van der Waals surface area contributed by atoms with Gasteiger partial charge in [0.1, 0.15) is 0 Å². The first-order valence-corrected chi connectivity index (χ1v) is 11.5. The number of carbonyl (C=O) groups is 2. The van der Waals surface area contributed by atoms with Gasteiger partial charge >= 0.3 is 12.1 Å². The monoisotopic (exact) mass is 529 g/mol. The number of benzene rings is 1. The Hall–Kier alpha value is -2.20. The molecule has 0 bridgehead atoms. The molecule has 2 heterocycles. The number of aliphatic imine (C=N–C) groups is 1. The van der Waals surface area contributed by atoms with E-state index in [0.717, 1.165) is 15.7 Å². The zero-order valence-electron chi connectivity index (χ0n) is 18.7. The zero-order chi connectivity index (χ0) is 24.3. The van der Waals surface area contributed by atoms with Gasteiger partial charge in [-0.3, -0.25) is 19.5 Å². The molecular weight excluding hydrogens is 503 g/mol. The number of methoxy groups -OCH3 is 1. The molecule has 2 aliphatic rings. The standard InChI is InChI=1S/C23H27BrF3N3O3/c1-14(2)17(10-21(31)33-3)22(32)30-13-29(12-23(25,26)27)11-20(30)19-9-8-18(28-19)15-4-6-16(24)7-5-15/h4-8,14,17,20H,9-13H2,1-3H3/t17-,20-/m0/s1. The summed E-state index contributed by atoms with van der Waals surface area (Å²) in [5, 5.41) is 0. The van der Waals surface area contributed by atoms with Gasteiger partial charge in [-0.2, -0.15) is 13.2 Å². The summed E-state index contributed by atoms with van der Waals surface area (Å²) in [5.41, 5.74) is 2.27. The van der Waals surface area contributed by atoms with E-state index in [9.17, 15) is 22.8 Å². The topological polar surface area (TPSA) is 62.2 Å². The molecule has 0 aliphatic carbocycles. The fraction of sp³-hybridized carbons (Fsp3) is 0.522. The quantitative estimate of drug-likeness (QED) is 0.488. The van der Waals surface area contributed by atoms with Gasteiger partial charge in [0.25, 0.3) is 0 Å². The Kier molecular flexibility index (Phi) is 8.00. The van der Waals surface area contributed by atoms with Gasteiger partial charge in [0.15, 0.2) is 0 Å². The first-order chi connectivity index (χ1) is 15.5. The lowest BCUT2D eigenvalue weighted by atomic mass is 9.90. The van der Waals surface area contributed by atoms with Gasteiger partial charge in [0, 0.05) is 23.1 Å². The van der Waals surface area contributed by atoms with Gasteiger partial charge in [-0.05, 0) is 23.6 Å². The molecule has 1 aromatic carbocycles. The third-order valence-corrected chi connectivity index (χ3v) is 6.40. The Morgan fingerprint density at radius 2 is 1.91 bits per heavy atom. The molecule has 1 amide bonds. The van der Waals surface area contributed by atoms with Crippen LogP contribution in [0.15, 0.2) is 39.8 Å². The lowest BCUT2D eigenvalue weighted by molar-refractivity contribution is -0.151. The highest BCUT2D eigenvalue weighted by Crippen LogP contribution is 2.31. The lowest BCUT2D eigenvalue weighted by Gasteiger charge is -2.29. The van der Waals surface area contributed by atoms with E-state index >= 15 is 0 Å². The molecule has 180 valence electrons. The van der Waals surface area contributed by atoms with Crippen LogP contribution in [0.4, 0.5) is 13.2 Å². The molecule has 0 unspecified atom stereocenters. The molecule has 0 spiro atoms. The Morgan fingerprint density at radius 3 is 2.48 bits per heavy atom. The number of carbonyl (C=O) groups excluding carboxylic acids is 2. The molecule has 6 nitrogen and oxygen atoms in total. The third kappa shape index (κ3) is 6.44. The van der Waals surface area contributed by atoms with Crippen LogP contribution in [-0.2, 0) is 14.3 Å². The minimum absolute atomic E-state index is 0.0363. The fourth-order valence-corrected chi connectivity index (χ4v) is 4.40. The van der Waals surface area contributed by atoms with E-state index in [1.807, 2.05) is 44.2 Å². The number of ether oxygens (including phenoxy) is 1. The first-order valence-electron chi connectivity index (χ1n) is 10.7. The van der Waals surface area contributed by atoms with Gasteiger partial charge in [-0.25, -0.2) is 0 Å². The largest absolute Gasteiger partial charge is 0.469 e. The number of allylic oxidation sites excluding steroid dienone is 1. The number of hydrogen-bond acceptors (Lipinski definition) is 5. The Labute approximate surface area is 199 Å². The molecule has 1 aromatic rings. The summed E-state index contributed by atoms with van der Waals surface area (Å²) < 4.78 is 45.0. The molecule has 3 rings (SSSR count). The highest BCUT2D eigenvalue weighted by molar-refractivity contribution is 9.10. The van der Waals surface area contributed by atoms with E-state index in [4.69, 9.17) is 4.74 Å². The summed E-state index contributed by atoms with van der Waals surface area (Å²) in [6.07, 6.45) is -2.14. The normalized spacial score (nSPS) is 20.1. The van der Waals surface area contributed by atoms with Crippen LogP contribution >= 0.6 is 15.9 Å². The van der Waals surface area contributed by atoms with Crippen molar-refractivity contribution in [2.24, 2.45) is 16.8 Å². The summed E-state index contributed by atoms with van der Waals surface area (Å²) in [4.78, 5) is 32.6. The summed E-state index contributed by atoms with van der Waals surface area (Å²) >= 11 is 3.39. The summed E-state index contributed by atoms with van der Waals surface area (Å²) in [7, 11) is 1.25. The van der Waals surface area contributed by atoms with Crippen LogP contribution in [0, 0.1) is 11.8 Å². The fourth-order valence-electron chi connectivity index (χ4n) is 4.14. The van der Waals surface area contributed by atoms with Crippen molar-refractivity contribution in [2.75, 3.05) is 26.9 Å². The molecule has 0 N–H and O–H groups in total.